The van der Waals surface area contributed by atoms with Crippen molar-refractivity contribution < 1.29 is 14.6 Å². The number of hydrogen-bond acceptors (Lipinski definition) is 5. The number of hydrogen-bond donors (Lipinski definition) is 1. The quantitative estimate of drug-likeness (QED) is 0.859. The van der Waals surface area contributed by atoms with Gasteiger partial charge in [-0.05, 0) is 17.7 Å². The maximum Gasteiger partial charge on any atom is 0.224 e. The zero-order valence-corrected chi connectivity index (χ0v) is 12.0. The van der Waals surface area contributed by atoms with Crippen molar-refractivity contribution in [2.24, 2.45) is 0 Å². The summed E-state index contributed by atoms with van der Waals surface area (Å²) in [7, 11) is 1.54. The van der Waals surface area contributed by atoms with Crippen LogP contribution in [0.15, 0.2) is 24.3 Å². The summed E-state index contributed by atoms with van der Waals surface area (Å²) in [6.45, 7) is 1.88. The van der Waals surface area contributed by atoms with E-state index in [2.05, 4.69) is 9.97 Å². The normalized spacial score (nSPS) is 10.4. The molecule has 20 heavy (non-hydrogen) atoms. The molecule has 0 spiro atoms. The first-order chi connectivity index (χ1) is 9.66. The van der Waals surface area contributed by atoms with Gasteiger partial charge in [-0.15, -0.1) is 0 Å². The third-order valence-electron chi connectivity index (χ3n) is 2.66. The van der Waals surface area contributed by atoms with E-state index in [9.17, 15) is 0 Å². The van der Waals surface area contributed by atoms with Gasteiger partial charge in [-0.25, -0.2) is 4.98 Å². The Kier molecular flexibility index (Phi) is 4.76. The van der Waals surface area contributed by atoms with E-state index in [0.717, 1.165) is 5.56 Å². The van der Waals surface area contributed by atoms with Crippen molar-refractivity contribution >= 4 is 11.6 Å². The highest BCUT2D eigenvalue weighted by molar-refractivity contribution is 6.29. The topological polar surface area (TPSA) is 64.5 Å². The molecule has 0 bridgehead atoms. The number of methoxy groups -OCH3 is 1. The van der Waals surface area contributed by atoms with Crippen LogP contribution in [0.2, 0.25) is 5.15 Å². The third kappa shape index (κ3) is 3.37. The van der Waals surface area contributed by atoms with Crippen LogP contribution in [-0.2, 0) is 13.0 Å². The van der Waals surface area contributed by atoms with Gasteiger partial charge in [-0.2, -0.15) is 4.98 Å². The molecule has 0 radical (unpaired) electrons. The minimum atomic E-state index is -0.0596. The van der Waals surface area contributed by atoms with E-state index in [0.29, 0.717) is 34.8 Å². The van der Waals surface area contributed by atoms with E-state index >= 15 is 0 Å². The predicted octanol–water partition coefficient (Wildman–Crippen LogP) is 2.99. The fourth-order valence-electron chi connectivity index (χ4n) is 1.66. The Labute approximate surface area is 122 Å². The number of benzene rings is 1. The van der Waals surface area contributed by atoms with E-state index in [1.54, 1.807) is 24.3 Å². The summed E-state index contributed by atoms with van der Waals surface area (Å²) in [5, 5.41) is 9.44. The molecule has 5 nitrogen and oxygen atoms in total. The van der Waals surface area contributed by atoms with Gasteiger partial charge in [0, 0.05) is 12.5 Å². The van der Waals surface area contributed by atoms with Gasteiger partial charge in [0.25, 0.3) is 0 Å². The third-order valence-corrected chi connectivity index (χ3v) is 2.85. The lowest BCUT2D eigenvalue weighted by Gasteiger charge is -2.11. The maximum atomic E-state index is 9.11. The van der Waals surface area contributed by atoms with Crippen LogP contribution in [0.25, 0.3) is 0 Å². The molecule has 6 heteroatoms. The largest absolute Gasteiger partial charge is 0.493 e. The average Bonchev–Trinajstić information content (AvgIpc) is 2.47. The highest BCUT2D eigenvalue weighted by Crippen LogP contribution is 2.32. The van der Waals surface area contributed by atoms with Gasteiger partial charge >= 0.3 is 0 Å². The van der Waals surface area contributed by atoms with Gasteiger partial charge in [0.05, 0.1) is 13.7 Å². The molecule has 2 rings (SSSR count). The Morgan fingerprint density at radius 3 is 2.65 bits per heavy atom. The molecule has 0 aliphatic carbocycles. The molecule has 0 saturated heterocycles. The number of aryl methyl sites for hydroxylation is 1. The molecule has 0 aliphatic heterocycles. The second kappa shape index (κ2) is 6.54. The van der Waals surface area contributed by atoms with Crippen LogP contribution in [0.3, 0.4) is 0 Å². The molecule has 1 aromatic heterocycles. The number of nitrogens with zero attached hydrogens (tertiary/aromatic N) is 2. The van der Waals surface area contributed by atoms with Crippen molar-refractivity contribution in [2.75, 3.05) is 7.11 Å². The van der Waals surface area contributed by atoms with Gasteiger partial charge < -0.3 is 14.6 Å². The van der Waals surface area contributed by atoms with E-state index in [4.69, 9.17) is 26.2 Å². The predicted molar refractivity (Wildman–Crippen MR) is 75.4 cm³/mol. The average molecular weight is 295 g/mol. The minimum absolute atomic E-state index is 0.0596. The van der Waals surface area contributed by atoms with Crippen LogP contribution < -0.4 is 9.47 Å². The molecule has 0 amide bonds. The Balaban J connectivity index is 2.31. The Morgan fingerprint density at radius 2 is 2.00 bits per heavy atom. The summed E-state index contributed by atoms with van der Waals surface area (Å²) in [5.74, 6) is 1.99. The Bertz CT molecular complexity index is 605. The minimum Gasteiger partial charge on any atom is -0.493 e. The molecule has 1 N–H and O–H groups in total. The van der Waals surface area contributed by atoms with Crippen molar-refractivity contribution in [2.45, 2.75) is 20.0 Å². The summed E-state index contributed by atoms with van der Waals surface area (Å²) in [5.41, 5.74) is 0.740. The van der Waals surface area contributed by atoms with Crippen LogP contribution in [0.5, 0.6) is 17.4 Å². The Morgan fingerprint density at radius 1 is 1.20 bits per heavy atom. The lowest BCUT2D eigenvalue weighted by molar-refractivity contribution is 0.280. The smallest absolute Gasteiger partial charge is 0.224 e. The summed E-state index contributed by atoms with van der Waals surface area (Å²) in [6.07, 6.45) is 0.664. The molecule has 1 heterocycles. The van der Waals surface area contributed by atoms with Crippen molar-refractivity contribution in [3.63, 3.8) is 0 Å². The zero-order chi connectivity index (χ0) is 14.5. The first kappa shape index (κ1) is 14.6. The molecule has 1 aromatic carbocycles. The first-order valence-electron chi connectivity index (χ1n) is 6.15. The first-order valence-corrected chi connectivity index (χ1v) is 6.53. The maximum absolute atomic E-state index is 9.11. The number of aromatic nitrogens is 2. The second-order valence-corrected chi connectivity index (χ2v) is 4.43. The lowest BCUT2D eigenvalue weighted by Crippen LogP contribution is -1.98. The van der Waals surface area contributed by atoms with Gasteiger partial charge in [0.15, 0.2) is 11.5 Å². The van der Waals surface area contributed by atoms with Crippen LogP contribution in [0.1, 0.15) is 18.3 Å². The zero-order valence-electron chi connectivity index (χ0n) is 11.3. The van der Waals surface area contributed by atoms with Crippen molar-refractivity contribution in [1.82, 2.24) is 9.97 Å². The summed E-state index contributed by atoms with van der Waals surface area (Å²) in [4.78, 5) is 8.32. The van der Waals surface area contributed by atoms with Crippen molar-refractivity contribution in [1.29, 1.82) is 0 Å². The van der Waals surface area contributed by atoms with Crippen molar-refractivity contribution in [3.05, 3.63) is 40.8 Å². The molecule has 0 atom stereocenters. The summed E-state index contributed by atoms with van der Waals surface area (Å²) in [6, 6.07) is 6.71. The fraction of sp³-hybridized carbons (Fsp3) is 0.286. The number of aliphatic hydroxyl groups excluding tert-OH is 1. The molecule has 0 saturated carbocycles. The lowest BCUT2D eigenvalue weighted by atomic mass is 10.2. The molecule has 0 fully saturated rings. The fourth-order valence-corrected chi connectivity index (χ4v) is 1.85. The summed E-state index contributed by atoms with van der Waals surface area (Å²) < 4.78 is 10.9. The van der Waals surface area contributed by atoms with E-state index < -0.39 is 0 Å². The number of ether oxygens (including phenoxy) is 2. The SMILES string of the molecule is CCc1nc(Cl)cc(Oc2ccc(CO)cc2OC)n1. The monoisotopic (exact) mass is 294 g/mol. The Hall–Kier alpha value is -1.85. The molecule has 0 aliphatic rings. The van der Waals surface area contributed by atoms with E-state index in [1.807, 2.05) is 6.92 Å². The van der Waals surface area contributed by atoms with Gasteiger partial charge in [0.2, 0.25) is 5.88 Å². The summed E-state index contributed by atoms with van der Waals surface area (Å²) >= 11 is 5.92. The molecular weight excluding hydrogens is 280 g/mol. The highest BCUT2D eigenvalue weighted by atomic mass is 35.5. The van der Waals surface area contributed by atoms with Gasteiger partial charge in [0.1, 0.15) is 11.0 Å². The van der Waals surface area contributed by atoms with E-state index in [1.165, 1.54) is 7.11 Å². The molecule has 2 aromatic rings. The van der Waals surface area contributed by atoms with Gasteiger partial charge in [-0.1, -0.05) is 24.6 Å². The van der Waals surface area contributed by atoms with Crippen molar-refractivity contribution in [3.8, 4) is 17.4 Å². The van der Waals surface area contributed by atoms with E-state index in [-0.39, 0.29) is 6.61 Å². The number of aliphatic hydroxyl groups is 1. The van der Waals surface area contributed by atoms with Crippen LogP contribution in [0, 0.1) is 0 Å². The number of halogens is 1. The molecular formula is C14H15ClN2O3. The molecule has 0 unspecified atom stereocenters. The standard InChI is InChI=1S/C14H15ClN2O3/c1-3-13-16-12(15)7-14(17-13)20-10-5-4-9(8-18)6-11(10)19-2/h4-7,18H,3,8H2,1-2H3. The molecule has 106 valence electrons. The van der Waals surface area contributed by atoms with Crippen LogP contribution in [-0.4, -0.2) is 22.2 Å². The van der Waals surface area contributed by atoms with Crippen LogP contribution >= 0.6 is 11.6 Å². The van der Waals surface area contributed by atoms with Gasteiger partial charge in [-0.3, -0.25) is 0 Å². The highest BCUT2D eigenvalue weighted by Gasteiger charge is 2.09. The van der Waals surface area contributed by atoms with Crippen LogP contribution in [0.4, 0.5) is 0 Å². The number of rotatable bonds is 5. The second-order valence-electron chi connectivity index (χ2n) is 4.04.